The summed E-state index contributed by atoms with van der Waals surface area (Å²) in [5, 5.41) is 22.2. The fourth-order valence-electron chi connectivity index (χ4n) is 7.28. The number of esters is 2. The lowest BCUT2D eigenvalue weighted by molar-refractivity contribution is -0.156. The quantitative estimate of drug-likeness (QED) is 0.303. The van der Waals surface area contributed by atoms with Gasteiger partial charge in [-0.2, -0.15) is 5.26 Å². The topological polar surface area (TPSA) is 148 Å². The number of fused-ring (bicyclic) bond motifs is 6. The van der Waals surface area contributed by atoms with E-state index in [9.17, 15) is 24.8 Å². The number of ketones is 1. The van der Waals surface area contributed by atoms with Gasteiger partial charge in [-0.15, -0.1) is 11.8 Å². The van der Waals surface area contributed by atoms with Crippen molar-refractivity contribution in [2.45, 2.75) is 50.1 Å². The number of carbonyl (C=O) groups excluding carboxylic acids is 3. The number of phenolic OH excluding ortho intramolecular Hbond substituents is 1. The minimum absolute atomic E-state index is 0.0754. The Hall–Kier alpha value is -3.99. The van der Waals surface area contributed by atoms with Crippen LogP contribution in [0.15, 0.2) is 6.07 Å². The highest BCUT2D eigenvalue weighted by Gasteiger charge is 2.59. The lowest BCUT2D eigenvalue weighted by atomic mass is 9.71. The second-order valence-corrected chi connectivity index (χ2v) is 12.9. The van der Waals surface area contributed by atoms with Crippen LogP contribution in [0.25, 0.3) is 0 Å². The number of ether oxygens (including phenoxy) is 5. The van der Waals surface area contributed by atoms with Gasteiger partial charge in [0.25, 0.3) is 0 Å². The number of phenols is 1. The number of hydrogen-bond acceptors (Lipinski definition) is 13. The SMILES string of the molecule is COc1c(C)cc2c(c1O)[C@@H]1[C@@H]3SCC(=O)C(=O)OC[C@@H](c4c5c(c(C)c(OC(C)=O)c43)OCO5)N1[C@@](C#N)(CN(C)C)C2. The van der Waals surface area contributed by atoms with Gasteiger partial charge in [-0.05, 0) is 39.1 Å². The molecule has 4 heterocycles. The minimum atomic E-state index is -1.19. The van der Waals surface area contributed by atoms with Crippen LogP contribution in [-0.4, -0.2) is 85.1 Å². The van der Waals surface area contributed by atoms with Gasteiger partial charge in [0.2, 0.25) is 12.6 Å². The molecule has 0 saturated carbocycles. The number of likely N-dealkylation sites (N-methyl/N-ethyl adjacent to an activating group) is 1. The fraction of sp³-hybridized carbons (Fsp3) is 0.484. The van der Waals surface area contributed by atoms with Gasteiger partial charge in [-0.1, -0.05) is 6.07 Å². The number of hydrogen-bond donors (Lipinski definition) is 1. The molecule has 44 heavy (non-hydrogen) atoms. The van der Waals surface area contributed by atoms with Gasteiger partial charge in [-0.25, -0.2) is 4.79 Å². The number of cyclic esters (lactones) is 1. The molecule has 1 N–H and O–H groups in total. The van der Waals surface area contributed by atoms with E-state index in [0.29, 0.717) is 51.6 Å². The molecule has 1 fully saturated rings. The average Bonchev–Trinajstić information content (AvgIpc) is 3.46. The Bertz CT molecular complexity index is 1650. The number of Topliss-reactive ketones (excluding diaryl/α,β-unsaturated/α-hetero) is 1. The predicted octanol–water partition coefficient (Wildman–Crippen LogP) is 3.05. The third-order valence-electron chi connectivity index (χ3n) is 8.68. The van der Waals surface area contributed by atoms with E-state index in [2.05, 4.69) is 6.07 Å². The van der Waals surface area contributed by atoms with Gasteiger partial charge in [0, 0.05) is 42.1 Å². The molecule has 0 spiro atoms. The van der Waals surface area contributed by atoms with Crippen LogP contribution in [0.3, 0.4) is 0 Å². The van der Waals surface area contributed by atoms with Gasteiger partial charge >= 0.3 is 11.9 Å². The van der Waals surface area contributed by atoms with Crippen molar-refractivity contribution in [1.82, 2.24) is 9.80 Å². The zero-order valence-electron chi connectivity index (χ0n) is 25.3. The van der Waals surface area contributed by atoms with Crippen molar-refractivity contribution in [3.63, 3.8) is 0 Å². The molecule has 13 heteroatoms. The number of nitrogens with zero attached hydrogens (tertiary/aromatic N) is 3. The maximum atomic E-state index is 12.9. The number of carbonyl (C=O) groups is 3. The Morgan fingerprint density at radius 3 is 2.57 bits per heavy atom. The lowest BCUT2D eigenvalue weighted by Gasteiger charge is -2.57. The number of nitriles is 1. The van der Waals surface area contributed by atoms with E-state index in [1.54, 1.807) is 6.92 Å². The van der Waals surface area contributed by atoms with Gasteiger partial charge < -0.3 is 33.7 Å². The Labute approximate surface area is 258 Å². The van der Waals surface area contributed by atoms with E-state index in [0.717, 1.165) is 17.3 Å². The first-order valence-electron chi connectivity index (χ1n) is 14.1. The van der Waals surface area contributed by atoms with E-state index < -0.39 is 40.6 Å². The number of aryl methyl sites for hydroxylation is 1. The zero-order chi connectivity index (χ0) is 31.7. The van der Waals surface area contributed by atoms with Gasteiger partial charge in [0.15, 0.2) is 23.0 Å². The van der Waals surface area contributed by atoms with Crippen LogP contribution in [-0.2, 0) is 25.5 Å². The Balaban J connectivity index is 1.77. The molecular weight excluding hydrogens is 590 g/mol. The summed E-state index contributed by atoms with van der Waals surface area (Å²) in [5.74, 6) is -1.25. The maximum Gasteiger partial charge on any atom is 0.375 e. The Kier molecular flexibility index (Phi) is 7.42. The number of aromatic hydroxyl groups is 1. The van der Waals surface area contributed by atoms with Gasteiger partial charge in [0.1, 0.15) is 17.9 Å². The van der Waals surface area contributed by atoms with E-state index in [1.165, 1.54) is 14.0 Å². The van der Waals surface area contributed by atoms with Crippen molar-refractivity contribution in [3.8, 4) is 34.8 Å². The summed E-state index contributed by atoms with van der Waals surface area (Å²) in [4.78, 5) is 42.1. The Morgan fingerprint density at radius 2 is 1.91 bits per heavy atom. The second kappa shape index (κ2) is 10.9. The molecule has 2 aromatic rings. The molecule has 4 atom stereocenters. The Morgan fingerprint density at radius 1 is 1.18 bits per heavy atom. The first kappa shape index (κ1) is 30.1. The van der Waals surface area contributed by atoms with Crippen LogP contribution >= 0.6 is 11.8 Å². The molecule has 2 bridgehead atoms. The molecule has 232 valence electrons. The van der Waals surface area contributed by atoms with Gasteiger partial charge in [-0.3, -0.25) is 14.5 Å². The highest BCUT2D eigenvalue weighted by atomic mass is 32.2. The predicted molar refractivity (Wildman–Crippen MR) is 157 cm³/mol. The summed E-state index contributed by atoms with van der Waals surface area (Å²) >= 11 is 1.16. The van der Waals surface area contributed by atoms with Crippen LogP contribution in [0.5, 0.6) is 28.7 Å². The van der Waals surface area contributed by atoms with Gasteiger partial charge in [0.05, 0.1) is 36.3 Å². The van der Waals surface area contributed by atoms with Crippen molar-refractivity contribution in [2.75, 3.05) is 46.9 Å². The largest absolute Gasteiger partial charge is 0.504 e. The monoisotopic (exact) mass is 623 g/mol. The first-order chi connectivity index (χ1) is 20.9. The van der Waals surface area contributed by atoms with E-state index in [1.807, 2.05) is 36.9 Å². The summed E-state index contributed by atoms with van der Waals surface area (Å²) in [5.41, 5.74) is 2.45. The van der Waals surface area contributed by atoms with Crippen molar-refractivity contribution in [1.29, 1.82) is 5.26 Å². The summed E-state index contributed by atoms with van der Waals surface area (Å²) in [6.07, 6.45) is 0.240. The molecule has 0 aliphatic carbocycles. The molecule has 0 radical (unpaired) electrons. The van der Waals surface area contributed by atoms with Crippen molar-refractivity contribution >= 4 is 29.5 Å². The van der Waals surface area contributed by atoms with Crippen LogP contribution in [0.2, 0.25) is 0 Å². The van der Waals surface area contributed by atoms with E-state index >= 15 is 0 Å². The number of methoxy groups -OCH3 is 1. The third kappa shape index (κ3) is 4.38. The highest BCUT2D eigenvalue weighted by Crippen LogP contribution is 2.66. The van der Waals surface area contributed by atoms with Crippen molar-refractivity contribution in [3.05, 3.63) is 39.4 Å². The maximum absolute atomic E-state index is 12.9. The van der Waals surface area contributed by atoms with Crippen LogP contribution in [0.1, 0.15) is 57.6 Å². The fourth-order valence-corrected chi connectivity index (χ4v) is 8.58. The standard InChI is InChI=1S/C31H33N3O9S/c1-14-7-17-8-31(11-32,12-33(4)5)34-18-9-40-30(38)19(36)10-44-29(23(34)20(17)24(37)25(14)39-6)22-21(18)28-27(41-13-42-28)15(2)26(22)43-16(3)35/h7,18,23,29,37H,8-10,12-13H2,1-6H3/t18-,23+,29+,31-/m0/s1. The lowest BCUT2D eigenvalue weighted by Crippen LogP contribution is -2.63. The van der Waals surface area contributed by atoms with Crippen molar-refractivity contribution < 1.29 is 43.2 Å². The first-order valence-corrected chi connectivity index (χ1v) is 15.2. The molecule has 6 rings (SSSR count). The summed E-state index contributed by atoms with van der Waals surface area (Å²) in [6.45, 7) is 4.79. The molecule has 0 unspecified atom stereocenters. The normalized spacial score (nSPS) is 25.5. The molecule has 0 aromatic heterocycles. The summed E-state index contributed by atoms with van der Waals surface area (Å²) in [6, 6.07) is 2.93. The highest BCUT2D eigenvalue weighted by molar-refractivity contribution is 8.00. The summed E-state index contributed by atoms with van der Waals surface area (Å²) < 4.78 is 29.1. The number of thioether (sulfide) groups is 1. The van der Waals surface area contributed by atoms with Crippen LogP contribution in [0, 0.1) is 25.2 Å². The average molecular weight is 624 g/mol. The molecule has 1 saturated heterocycles. The summed E-state index contributed by atoms with van der Waals surface area (Å²) in [7, 11) is 5.22. The second-order valence-electron chi connectivity index (χ2n) is 11.8. The molecule has 0 amide bonds. The van der Waals surface area contributed by atoms with E-state index in [-0.39, 0.29) is 37.1 Å². The van der Waals surface area contributed by atoms with E-state index in [4.69, 9.17) is 23.7 Å². The molecular formula is C31H33N3O9S. The minimum Gasteiger partial charge on any atom is -0.504 e. The molecule has 4 aliphatic rings. The number of benzene rings is 2. The molecule has 2 aromatic carbocycles. The van der Waals surface area contributed by atoms with Crippen molar-refractivity contribution in [2.24, 2.45) is 0 Å². The smallest absolute Gasteiger partial charge is 0.375 e. The third-order valence-corrected chi connectivity index (χ3v) is 9.96. The molecule has 4 aliphatic heterocycles. The van der Waals surface area contributed by atoms with Crippen LogP contribution < -0.4 is 18.9 Å². The van der Waals surface area contributed by atoms with Crippen LogP contribution in [0.4, 0.5) is 0 Å². The number of rotatable bonds is 4. The zero-order valence-corrected chi connectivity index (χ0v) is 26.1. The molecule has 12 nitrogen and oxygen atoms in total.